The van der Waals surface area contributed by atoms with Crippen LogP contribution in [0.5, 0.6) is 0 Å². The third kappa shape index (κ3) is 5.92. The van der Waals surface area contributed by atoms with Crippen molar-refractivity contribution >= 4 is 12.1 Å². The van der Waals surface area contributed by atoms with Gasteiger partial charge in [-0.1, -0.05) is 0 Å². The van der Waals surface area contributed by atoms with E-state index in [9.17, 15) is 9.59 Å². The highest BCUT2D eigenvalue weighted by Gasteiger charge is 2.12. The van der Waals surface area contributed by atoms with E-state index in [0.717, 1.165) is 0 Å². The number of aliphatic hydroxyl groups is 1. The first kappa shape index (κ1) is 11.7. The van der Waals surface area contributed by atoms with Crippen molar-refractivity contribution in [3.05, 3.63) is 0 Å². The Morgan fingerprint density at radius 2 is 2.15 bits per heavy atom. The number of aliphatic hydroxyl groups excluding tert-OH is 1. The van der Waals surface area contributed by atoms with Gasteiger partial charge in [-0.3, -0.25) is 0 Å². The number of hydrogen-bond donors (Lipinski definition) is 3. The summed E-state index contributed by atoms with van der Waals surface area (Å²) in [7, 11) is 0. The van der Waals surface area contributed by atoms with Crippen molar-refractivity contribution in [1.82, 2.24) is 5.32 Å². The summed E-state index contributed by atoms with van der Waals surface area (Å²) < 4.78 is 4.51. The molecule has 0 aromatic heterocycles. The quantitative estimate of drug-likeness (QED) is 0.548. The van der Waals surface area contributed by atoms with Gasteiger partial charge in [0, 0.05) is 13.0 Å². The van der Waals surface area contributed by atoms with Gasteiger partial charge in [-0.2, -0.15) is 0 Å². The van der Waals surface area contributed by atoms with E-state index in [1.54, 1.807) is 6.92 Å². The van der Waals surface area contributed by atoms with Crippen LogP contribution in [0.4, 0.5) is 4.79 Å². The van der Waals surface area contributed by atoms with Crippen molar-refractivity contribution in [2.45, 2.75) is 19.4 Å². The molecule has 0 aromatic rings. The Morgan fingerprint density at radius 3 is 2.62 bits per heavy atom. The van der Waals surface area contributed by atoms with Gasteiger partial charge in [0.25, 0.3) is 0 Å². The van der Waals surface area contributed by atoms with Crippen molar-refractivity contribution in [2.75, 3.05) is 13.2 Å². The zero-order valence-corrected chi connectivity index (χ0v) is 7.32. The van der Waals surface area contributed by atoms with Crippen LogP contribution in [0.2, 0.25) is 0 Å². The molecule has 76 valence electrons. The second kappa shape index (κ2) is 6.24. The topological polar surface area (TPSA) is 95.9 Å². The Kier molecular flexibility index (Phi) is 5.62. The zero-order valence-electron chi connectivity index (χ0n) is 7.32. The zero-order chi connectivity index (χ0) is 10.3. The molecule has 0 rings (SSSR count). The molecule has 0 saturated carbocycles. The lowest BCUT2D eigenvalue weighted by atomic mass is 10.2. The molecule has 0 fully saturated rings. The summed E-state index contributed by atoms with van der Waals surface area (Å²) in [6.45, 7) is 1.99. The predicted octanol–water partition coefficient (Wildman–Crippen LogP) is -0.432. The number of carbonyl (C=O) groups is 2. The highest BCUT2D eigenvalue weighted by molar-refractivity contribution is 5.72. The van der Waals surface area contributed by atoms with E-state index in [4.69, 9.17) is 10.2 Å². The van der Waals surface area contributed by atoms with E-state index in [0.29, 0.717) is 0 Å². The van der Waals surface area contributed by atoms with Gasteiger partial charge in [0.05, 0.1) is 6.61 Å². The van der Waals surface area contributed by atoms with E-state index in [2.05, 4.69) is 10.1 Å². The number of rotatable bonds is 5. The van der Waals surface area contributed by atoms with E-state index >= 15 is 0 Å². The molecule has 0 aliphatic heterocycles. The number of ether oxygens (including phenoxy) is 1. The van der Waals surface area contributed by atoms with Crippen LogP contribution in [0.15, 0.2) is 0 Å². The van der Waals surface area contributed by atoms with E-state index in [-0.39, 0.29) is 19.6 Å². The fourth-order valence-corrected chi connectivity index (χ4v) is 0.617. The van der Waals surface area contributed by atoms with Crippen LogP contribution in [0, 0.1) is 0 Å². The fourth-order valence-electron chi connectivity index (χ4n) is 0.617. The summed E-state index contributed by atoms with van der Waals surface area (Å²) in [5.41, 5.74) is 0. The number of alkyl carbamates (subject to hydrolysis) is 1. The standard InChI is InChI=1S/C7H13NO5/c1-2-13-7(12)8-4-3-5(9)6(10)11/h5,9H,2-4H2,1H3,(H,8,12)(H,10,11)/t5-/m0/s1. The summed E-state index contributed by atoms with van der Waals surface area (Å²) in [6, 6.07) is 0. The Hall–Kier alpha value is -1.30. The number of hydrogen-bond acceptors (Lipinski definition) is 4. The molecule has 13 heavy (non-hydrogen) atoms. The first-order chi connectivity index (χ1) is 6.07. The van der Waals surface area contributed by atoms with Crippen LogP contribution >= 0.6 is 0 Å². The maximum Gasteiger partial charge on any atom is 0.407 e. The van der Waals surface area contributed by atoms with Crippen LogP contribution < -0.4 is 5.32 Å². The summed E-state index contributed by atoms with van der Waals surface area (Å²) in [4.78, 5) is 20.7. The molecule has 6 heteroatoms. The lowest BCUT2D eigenvalue weighted by Gasteiger charge is -2.06. The molecule has 0 spiro atoms. The Morgan fingerprint density at radius 1 is 1.54 bits per heavy atom. The van der Waals surface area contributed by atoms with Crippen LogP contribution in [0.1, 0.15) is 13.3 Å². The van der Waals surface area contributed by atoms with Crippen LogP contribution in [-0.2, 0) is 9.53 Å². The molecule has 0 aromatic carbocycles. The molecular weight excluding hydrogens is 178 g/mol. The Bertz CT molecular complexity index is 182. The normalized spacial score (nSPS) is 11.8. The molecular formula is C7H13NO5. The molecule has 0 aliphatic carbocycles. The smallest absolute Gasteiger partial charge is 0.407 e. The van der Waals surface area contributed by atoms with Gasteiger partial charge in [0.15, 0.2) is 6.10 Å². The van der Waals surface area contributed by atoms with E-state index < -0.39 is 18.2 Å². The Labute approximate surface area is 75.5 Å². The SMILES string of the molecule is CCOC(=O)NCC[C@H](O)C(=O)O. The summed E-state index contributed by atoms with van der Waals surface area (Å²) in [5.74, 6) is -1.30. The average Bonchev–Trinajstić information content (AvgIpc) is 2.04. The first-order valence-corrected chi connectivity index (χ1v) is 3.89. The largest absolute Gasteiger partial charge is 0.479 e. The second-order valence-electron chi connectivity index (χ2n) is 2.29. The van der Waals surface area contributed by atoms with Crippen LogP contribution in [0.25, 0.3) is 0 Å². The van der Waals surface area contributed by atoms with Crippen molar-refractivity contribution in [3.8, 4) is 0 Å². The molecule has 0 bridgehead atoms. The highest BCUT2D eigenvalue weighted by Crippen LogP contribution is 1.89. The summed E-state index contributed by atoms with van der Waals surface area (Å²) >= 11 is 0. The summed E-state index contributed by atoms with van der Waals surface area (Å²) in [5, 5.41) is 19.3. The Balaban J connectivity index is 3.44. The van der Waals surface area contributed by atoms with E-state index in [1.807, 2.05) is 0 Å². The minimum absolute atomic E-state index is 0.0336. The van der Waals surface area contributed by atoms with Gasteiger partial charge in [-0.05, 0) is 6.92 Å². The molecule has 0 aliphatic rings. The average molecular weight is 191 g/mol. The van der Waals surface area contributed by atoms with Gasteiger partial charge >= 0.3 is 12.1 Å². The molecule has 0 saturated heterocycles. The molecule has 0 heterocycles. The maximum absolute atomic E-state index is 10.6. The molecule has 3 N–H and O–H groups in total. The minimum atomic E-state index is -1.44. The third-order valence-corrected chi connectivity index (χ3v) is 1.25. The summed E-state index contributed by atoms with van der Waals surface area (Å²) in [6.07, 6.45) is -2.09. The number of carbonyl (C=O) groups excluding carboxylic acids is 1. The van der Waals surface area contributed by atoms with Crippen LogP contribution in [0.3, 0.4) is 0 Å². The van der Waals surface area contributed by atoms with Gasteiger partial charge < -0.3 is 20.3 Å². The third-order valence-electron chi connectivity index (χ3n) is 1.25. The van der Waals surface area contributed by atoms with Crippen LogP contribution in [-0.4, -0.2) is 41.5 Å². The monoisotopic (exact) mass is 191 g/mol. The minimum Gasteiger partial charge on any atom is -0.479 e. The lowest BCUT2D eigenvalue weighted by molar-refractivity contribution is -0.146. The van der Waals surface area contributed by atoms with Crippen molar-refractivity contribution in [3.63, 3.8) is 0 Å². The molecule has 1 atom stereocenters. The second-order valence-corrected chi connectivity index (χ2v) is 2.29. The molecule has 0 radical (unpaired) electrons. The predicted molar refractivity (Wildman–Crippen MR) is 43.3 cm³/mol. The number of carboxylic acid groups (broad SMARTS) is 1. The molecule has 6 nitrogen and oxygen atoms in total. The van der Waals surface area contributed by atoms with Gasteiger partial charge in [-0.15, -0.1) is 0 Å². The van der Waals surface area contributed by atoms with Crippen molar-refractivity contribution in [1.29, 1.82) is 0 Å². The lowest BCUT2D eigenvalue weighted by Crippen LogP contribution is -2.30. The van der Waals surface area contributed by atoms with Crippen molar-refractivity contribution in [2.24, 2.45) is 0 Å². The number of carboxylic acids is 1. The molecule has 1 amide bonds. The fraction of sp³-hybridized carbons (Fsp3) is 0.714. The maximum atomic E-state index is 10.6. The molecule has 0 unspecified atom stereocenters. The number of nitrogens with one attached hydrogen (secondary N) is 1. The number of aliphatic carboxylic acids is 1. The van der Waals surface area contributed by atoms with E-state index in [1.165, 1.54) is 0 Å². The van der Waals surface area contributed by atoms with Gasteiger partial charge in [-0.25, -0.2) is 9.59 Å². The first-order valence-electron chi connectivity index (χ1n) is 3.89. The van der Waals surface area contributed by atoms with Gasteiger partial charge in [0.2, 0.25) is 0 Å². The highest BCUT2D eigenvalue weighted by atomic mass is 16.5. The van der Waals surface area contributed by atoms with Gasteiger partial charge in [0.1, 0.15) is 0 Å². The number of amides is 1. The van der Waals surface area contributed by atoms with Crippen molar-refractivity contribution < 1.29 is 24.5 Å².